The van der Waals surface area contributed by atoms with Crippen LogP contribution in [0.2, 0.25) is 0 Å². The third-order valence-electron chi connectivity index (χ3n) is 3.83. The van der Waals surface area contributed by atoms with Crippen LogP contribution in [0.5, 0.6) is 17.2 Å². The zero-order chi connectivity index (χ0) is 20.2. The van der Waals surface area contributed by atoms with Crippen LogP contribution in [0.4, 0.5) is 0 Å². The molecule has 0 aliphatic heterocycles. The van der Waals surface area contributed by atoms with E-state index in [4.69, 9.17) is 18.9 Å². The fraction of sp³-hybridized carbons (Fsp3) is 0.273. The molecule has 0 heterocycles. The minimum absolute atomic E-state index is 0.388. The molecule has 148 valence electrons. The van der Waals surface area contributed by atoms with Gasteiger partial charge in [0, 0.05) is 6.08 Å². The van der Waals surface area contributed by atoms with E-state index in [2.05, 4.69) is 6.58 Å². The smallest absolute Gasteiger partial charge is 0.343 e. The topological polar surface area (TPSA) is 71.1 Å². The first-order chi connectivity index (χ1) is 13.6. The number of carbonyl (C=O) groups excluding carboxylic acids is 2. The summed E-state index contributed by atoms with van der Waals surface area (Å²) < 4.78 is 21.0. The highest BCUT2D eigenvalue weighted by molar-refractivity contribution is 5.91. The molecular formula is C22H24O6. The number of rotatable bonds is 11. The number of ether oxygens (including phenoxy) is 4. The molecule has 0 fully saturated rings. The number of unbranched alkanes of at least 4 members (excludes halogenated alkanes) is 2. The van der Waals surface area contributed by atoms with E-state index in [1.165, 1.54) is 0 Å². The first-order valence-corrected chi connectivity index (χ1v) is 9.00. The number of esters is 2. The van der Waals surface area contributed by atoms with Gasteiger partial charge < -0.3 is 18.9 Å². The van der Waals surface area contributed by atoms with Gasteiger partial charge in [-0.15, -0.1) is 0 Å². The number of hydrogen-bond acceptors (Lipinski definition) is 6. The van der Waals surface area contributed by atoms with Gasteiger partial charge in [0.1, 0.15) is 17.2 Å². The second-order valence-electron chi connectivity index (χ2n) is 5.87. The summed E-state index contributed by atoms with van der Waals surface area (Å²) in [7, 11) is 1.57. The Morgan fingerprint density at radius 3 is 2.11 bits per heavy atom. The monoisotopic (exact) mass is 384 g/mol. The van der Waals surface area contributed by atoms with Crippen LogP contribution < -0.4 is 14.2 Å². The second-order valence-corrected chi connectivity index (χ2v) is 5.87. The molecule has 0 aromatic heterocycles. The molecule has 0 atom stereocenters. The fourth-order valence-corrected chi connectivity index (χ4v) is 2.30. The van der Waals surface area contributed by atoms with Crippen LogP contribution in [0.15, 0.2) is 61.2 Å². The molecule has 2 aromatic rings. The van der Waals surface area contributed by atoms with Crippen LogP contribution in [-0.4, -0.2) is 32.3 Å². The third-order valence-corrected chi connectivity index (χ3v) is 3.83. The van der Waals surface area contributed by atoms with Gasteiger partial charge in [0.25, 0.3) is 0 Å². The van der Waals surface area contributed by atoms with E-state index < -0.39 is 11.9 Å². The summed E-state index contributed by atoms with van der Waals surface area (Å²) in [5.74, 6) is 0.980. The zero-order valence-electron chi connectivity index (χ0n) is 15.9. The van der Waals surface area contributed by atoms with Crippen LogP contribution in [-0.2, 0) is 9.53 Å². The molecule has 0 saturated carbocycles. The van der Waals surface area contributed by atoms with Crippen molar-refractivity contribution in [1.29, 1.82) is 0 Å². The first-order valence-electron chi connectivity index (χ1n) is 9.00. The molecule has 6 heteroatoms. The molecule has 0 aliphatic rings. The predicted octanol–water partition coefficient (Wildman–Crippen LogP) is 4.19. The lowest BCUT2D eigenvalue weighted by Gasteiger charge is -2.08. The number of benzene rings is 2. The van der Waals surface area contributed by atoms with Crippen molar-refractivity contribution in [2.75, 3.05) is 20.3 Å². The molecule has 28 heavy (non-hydrogen) atoms. The van der Waals surface area contributed by atoms with Gasteiger partial charge in [-0.2, -0.15) is 0 Å². The Balaban J connectivity index is 1.68. The van der Waals surface area contributed by atoms with Crippen LogP contribution in [0.1, 0.15) is 29.6 Å². The second kappa shape index (κ2) is 11.4. The normalized spacial score (nSPS) is 10.0. The van der Waals surface area contributed by atoms with E-state index in [9.17, 15) is 9.59 Å². The van der Waals surface area contributed by atoms with E-state index in [-0.39, 0.29) is 0 Å². The molecule has 6 nitrogen and oxygen atoms in total. The molecular weight excluding hydrogens is 360 g/mol. The van der Waals surface area contributed by atoms with Crippen LogP contribution in [0.3, 0.4) is 0 Å². The minimum atomic E-state index is -0.437. The van der Waals surface area contributed by atoms with Gasteiger partial charge in [0.2, 0.25) is 0 Å². The number of methoxy groups -OCH3 is 1. The third kappa shape index (κ3) is 7.15. The van der Waals surface area contributed by atoms with E-state index in [1.54, 1.807) is 55.6 Å². The standard InChI is InChI=1S/C22H24O6/c1-3-21(23)27-16-6-4-5-15-26-19-11-13-20(14-12-19)28-22(24)17-7-9-18(25-2)10-8-17/h3,7-14H,1,4-6,15-16H2,2H3. The highest BCUT2D eigenvalue weighted by atomic mass is 16.5. The molecule has 2 aromatic carbocycles. The van der Waals surface area contributed by atoms with Crippen molar-refractivity contribution in [2.24, 2.45) is 0 Å². The molecule has 0 aliphatic carbocycles. The van der Waals surface area contributed by atoms with Crippen molar-refractivity contribution < 1.29 is 28.5 Å². The summed E-state index contributed by atoms with van der Waals surface area (Å²) in [5.41, 5.74) is 0.444. The van der Waals surface area contributed by atoms with Crippen molar-refractivity contribution in [3.63, 3.8) is 0 Å². The maximum absolute atomic E-state index is 12.1. The lowest BCUT2D eigenvalue weighted by molar-refractivity contribution is -0.137. The summed E-state index contributed by atoms with van der Waals surface area (Å²) in [6, 6.07) is 13.6. The molecule has 0 N–H and O–H groups in total. The summed E-state index contributed by atoms with van der Waals surface area (Å²) in [4.78, 5) is 23.0. The summed E-state index contributed by atoms with van der Waals surface area (Å²) >= 11 is 0. The molecule has 2 rings (SSSR count). The van der Waals surface area contributed by atoms with Crippen LogP contribution in [0.25, 0.3) is 0 Å². The Morgan fingerprint density at radius 2 is 1.46 bits per heavy atom. The number of hydrogen-bond donors (Lipinski definition) is 0. The SMILES string of the molecule is C=CC(=O)OCCCCCOc1ccc(OC(=O)c2ccc(OC)cc2)cc1. The summed E-state index contributed by atoms with van der Waals surface area (Å²) in [6.07, 6.45) is 3.67. The van der Waals surface area contributed by atoms with Gasteiger partial charge in [-0.05, 0) is 67.8 Å². The molecule has 0 radical (unpaired) electrons. The van der Waals surface area contributed by atoms with Crippen molar-refractivity contribution in [3.8, 4) is 17.2 Å². The Bertz CT molecular complexity index is 765. The summed E-state index contributed by atoms with van der Waals surface area (Å²) in [6.45, 7) is 4.28. The fourth-order valence-electron chi connectivity index (χ4n) is 2.30. The minimum Gasteiger partial charge on any atom is -0.497 e. The number of carbonyl (C=O) groups is 2. The largest absolute Gasteiger partial charge is 0.497 e. The van der Waals surface area contributed by atoms with Crippen molar-refractivity contribution >= 4 is 11.9 Å². The van der Waals surface area contributed by atoms with Gasteiger partial charge >= 0.3 is 11.9 Å². The molecule has 0 saturated heterocycles. The van der Waals surface area contributed by atoms with Gasteiger partial charge in [-0.3, -0.25) is 0 Å². The van der Waals surface area contributed by atoms with Crippen LogP contribution in [0, 0.1) is 0 Å². The van der Waals surface area contributed by atoms with E-state index in [1.807, 2.05) is 0 Å². The summed E-state index contributed by atoms with van der Waals surface area (Å²) in [5, 5.41) is 0. The van der Waals surface area contributed by atoms with E-state index >= 15 is 0 Å². The van der Waals surface area contributed by atoms with Crippen LogP contribution >= 0.6 is 0 Å². The van der Waals surface area contributed by atoms with Crippen molar-refractivity contribution in [2.45, 2.75) is 19.3 Å². The zero-order valence-corrected chi connectivity index (χ0v) is 15.9. The Labute approximate surface area is 164 Å². The molecule has 0 amide bonds. The lowest BCUT2D eigenvalue weighted by Crippen LogP contribution is -2.08. The van der Waals surface area contributed by atoms with Gasteiger partial charge in [-0.1, -0.05) is 6.58 Å². The van der Waals surface area contributed by atoms with Gasteiger partial charge in [0.15, 0.2) is 0 Å². The predicted molar refractivity (Wildman–Crippen MR) is 105 cm³/mol. The van der Waals surface area contributed by atoms with Gasteiger partial charge in [0.05, 0.1) is 25.9 Å². The highest BCUT2D eigenvalue weighted by Crippen LogP contribution is 2.20. The van der Waals surface area contributed by atoms with Crippen molar-refractivity contribution in [1.82, 2.24) is 0 Å². The Kier molecular flexibility index (Phi) is 8.59. The molecule has 0 spiro atoms. The quantitative estimate of drug-likeness (QED) is 0.250. The molecule has 0 bridgehead atoms. The average Bonchev–Trinajstić information content (AvgIpc) is 2.74. The van der Waals surface area contributed by atoms with Gasteiger partial charge in [-0.25, -0.2) is 9.59 Å². The lowest BCUT2D eigenvalue weighted by atomic mass is 10.2. The maximum Gasteiger partial charge on any atom is 0.343 e. The van der Waals surface area contributed by atoms with E-state index in [0.29, 0.717) is 36.0 Å². The average molecular weight is 384 g/mol. The maximum atomic E-state index is 12.1. The first kappa shape index (κ1) is 21.0. The van der Waals surface area contributed by atoms with Crippen molar-refractivity contribution in [3.05, 3.63) is 66.7 Å². The molecule has 0 unspecified atom stereocenters. The van der Waals surface area contributed by atoms with E-state index in [0.717, 1.165) is 25.3 Å². The highest BCUT2D eigenvalue weighted by Gasteiger charge is 2.09. The Hall–Kier alpha value is -3.28. The Morgan fingerprint density at radius 1 is 0.857 bits per heavy atom.